The van der Waals surface area contributed by atoms with Gasteiger partial charge in [-0.2, -0.15) is 0 Å². The highest BCUT2D eigenvalue weighted by Gasteiger charge is 2.28. The highest BCUT2D eigenvalue weighted by atomic mass is 16.3. The summed E-state index contributed by atoms with van der Waals surface area (Å²) < 4.78 is 0. The van der Waals surface area contributed by atoms with Crippen molar-refractivity contribution in [2.75, 3.05) is 19.7 Å². The first kappa shape index (κ1) is 12.4. The van der Waals surface area contributed by atoms with E-state index in [-0.39, 0.29) is 0 Å². The van der Waals surface area contributed by atoms with Crippen molar-refractivity contribution in [3.8, 4) is 0 Å². The zero-order chi connectivity index (χ0) is 11.4. The third-order valence-electron chi connectivity index (χ3n) is 4.72. The van der Waals surface area contributed by atoms with Crippen LogP contribution in [0.3, 0.4) is 0 Å². The van der Waals surface area contributed by atoms with E-state index >= 15 is 0 Å². The molecule has 1 atom stereocenters. The molecule has 2 fully saturated rings. The number of likely N-dealkylation sites (tertiary alicyclic amines) is 1. The van der Waals surface area contributed by atoms with Crippen LogP contribution in [0.4, 0.5) is 0 Å². The second kappa shape index (κ2) is 6.02. The van der Waals surface area contributed by atoms with Crippen molar-refractivity contribution >= 4 is 0 Å². The largest absolute Gasteiger partial charge is 0.396 e. The summed E-state index contributed by atoms with van der Waals surface area (Å²) in [7, 11) is 0. The molecule has 16 heavy (non-hydrogen) atoms. The van der Waals surface area contributed by atoms with Crippen molar-refractivity contribution in [1.82, 2.24) is 4.90 Å². The molecule has 0 aromatic carbocycles. The Hall–Kier alpha value is -0.0800. The Balaban J connectivity index is 1.79. The monoisotopic (exact) mass is 225 g/mol. The van der Waals surface area contributed by atoms with Crippen LogP contribution >= 0.6 is 0 Å². The molecule has 1 aliphatic carbocycles. The average molecular weight is 225 g/mol. The molecule has 1 saturated carbocycles. The number of rotatable bonds is 3. The van der Waals surface area contributed by atoms with Crippen LogP contribution in [0.5, 0.6) is 0 Å². The zero-order valence-corrected chi connectivity index (χ0v) is 10.7. The van der Waals surface area contributed by atoms with Crippen LogP contribution in [-0.4, -0.2) is 35.7 Å². The van der Waals surface area contributed by atoms with Crippen LogP contribution in [0.15, 0.2) is 0 Å². The SMILES string of the molecule is CCC1CCC(N2CCC[C@H](CO)C2)CC1. The second-order valence-electron chi connectivity index (χ2n) is 5.77. The van der Waals surface area contributed by atoms with Gasteiger partial charge in [0.1, 0.15) is 0 Å². The first-order valence-electron chi connectivity index (χ1n) is 7.18. The number of aliphatic hydroxyl groups is 1. The molecule has 2 nitrogen and oxygen atoms in total. The van der Waals surface area contributed by atoms with Crippen molar-refractivity contribution in [3.05, 3.63) is 0 Å². The van der Waals surface area contributed by atoms with Gasteiger partial charge >= 0.3 is 0 Å². The minimum absolute atomic E-state index is 0.390. The van der Waals surface area contributed by atoms with E-state index in [9.17, 15) is 5.11 Å². The molecule has 1 N–H and O–H groups in total. The van der Waals surface area contributed by atoms with Gasteiger partial charge in [-0.15, -0.1) is 0 Å². The Bertz CT molecular complexity index is 199. The van der Waals surface area contributed by atoms with Crippen molar-refractivity contribution in [2.45, 2.75) is 57.9 Å². The van der Waals surface area contributed by atoms with Gasteiger partial charge in [-0.25, -0.2) is 0 Å². The molecular formula is C14H27NO. The molecule has 0 aromatic heterocycles. The fraction of sp³-hybridized carbons (Fsp3) is 1.00. The number of hydrogen-bond donors (Lipinski definition) is 1. The molecule has 2 aliphatic rings. The fourth-order valence-corrected chi connectivity index (χ4v) is 3.50. The lowest BCUT2D eigenvalue weighted by molar-refractivity contribution is 0.0642. The highest BCUT2D eigenvalue weighted by Crippen LogP contribution is 2.31. The number of aliphatic hydroxyl groups excluding tert-OH is 1. The third-order valence-corrected chi connectivity index (χ3v) is 4.72. The second-order valence-corrected chi connectivity index (χ2v) is 5.77. The van der Waals surface area contributed by atoms with Gasteiger partial charge in [0.2, 0.25) is 0 Å². The van der Waals surface area contributed by atoms with E-state index in [2.05, 4.69) is 11.8 Å². The van der Waals surface area contributed by atoms with E-state index in [1.54, 1.807) is 0 Å². The summed E-state index contributed by atoms with van der Waals surface area (Å²) in [6.07, 6.45) is 9.55. The minimum atomic E-state index is 0.390. The summed E-state index contributed by atoms with van der Waals surface area (Å²) in [4.78, 5) is 2.66. The number of piperidine rings is 1. The first-order valence-corrected chi connectivity index (χ1v) is 7.18. The van der Waals surface area contributed by atoms with Gasteiger partial charge in [0.25, 0.3) is 0 Å². The van der Waals surface area contributed by atoms with Gasteiger partial charge < -0.3 is 10.0 Å². The molecule has 1 saturated heterocycles. The fourth-order valence-electron chi connectivity index (χ4n) is 3.50. The lowest BCUT2D eigenvalue weighted by Crippen LogP contribution is -2.45. The Morgan fingerprint density at radius 2 is 1.81 bits per heavy atom. The Morgan fingerprint density at radius 1 is 1.06 bits per heavy atom. The summed E-state index contributed by atoms with van der Waals surface area (Å²) in [5.74, 6) is 1.55. The molecule has 0 aromatic rings. The van der Waals surface area contributed by atoms with E-state index in [0.29, 0.717) is 12.5 Å². The summed E-state index contributed by atoms with van der Waals surface area (Å²) >= 11 is 0. The molecule has 94 valence electrons. The van der Waals surface area contributed by atoms with Crippen LogP contribution in [0.1, 0.15) is 51.9 Å². The maximum atomic E-state index is 9.26. The molecule has 0 bridgehead atoms. The molecule has 2 rings (SSSR count). The zero-order valence-electron chi connectivity index (χ0n) is 10.7. The summed E-state index contributed by atoms with van der Waals surface area (Å²) in [6.45, 7) is 5.14. The van der Waals surface area contributed by atoms with Crippen LogP contribution in [0, 0.1) is 11.8 Å². The van der Waals surface area contributed by atoms with Crippen LogP contribution < -0.4 is 0 Å². The number of nitrogens with zero attached hydrogens (tertiary/aromatic N) is 1. The first-order chi connectivity index (χ1) is 7.83. The molecule has 0 spiro atoms. The maximum absolute atomic E-state index is 9.26. The number of hydrogen-bond acceptors (Lipinski definition) is 2. The lowest BCUT2D eigenvalue weighted by atomic mass is 9.83. The van der Waals surface area contributed by atoms with Crippen molar-refractivity contribution in [3.63, 3.8) is 0 Å². The third kappa shape index (κ3) is 2.98. The van der Waals surface area contributed by atoms with E-state index in [0.717, 1.165) is 18.5 Å². The normalized spacial score (nSPS) is 37.5. The van der Waals surface area contributed by atoms with Gasteiger partial charge in [0.05, 0.1) is 0 Å². The molecule has 0 unspecified atom stereocenters. The molecule has 0 amide bonds. The van der Waals surface area contributed by atoms with E-state index in [4.69, 9.17) is 0 Å². The van der Waals surface area contributed by atoms with Gasteiger partial charge in [-0.1, -0.05) is 13.3 Å². The van der Waals surface area contributed by atoms with Gasteiger partial charge in [-0.3, -0.25) is 0 Å². The lowest BCUT2D eigenvalue weighted by Gasteiger charge is -2.41. The maximum Gasteiger partial charge on any atom is 0.0471 e. The molecular weight excluding hydrogens is 198 g/mol. The molecule has 1 aliphatic heterocycles. The molecule has 2 heteroatoms. The summed E-state index contributed by atoms with van der Waals surface area (Å²) in [5.41, 5.74) is 0. The van der Waals surface area contributed by atoms with E-state index in [1.165, 1.54) is 51.5 Å². The smallest absolute Gasteiger partial charge is 0.0471 e. The van der Waals surface area contributed by atoms with Crippen molar-refractivity contribution in [1.29, 1.82) is 0 Å². The Kier molecular flexibility index (Phi) is 4.66. The molecule has 1 heterocycles. The van der Waals surface area contributed by atoms with Crippen LogP contribution in [0.2, 0.25) is 0 Å². The van der Waals surface area contributed by atoms with Gasteiger partial charge in [0.15, 0.2) is 0 Å². The van der Waals surface area contributed by atoms with Crippen molar-refractivity contribution < 1.29 is 5.11 Å². The van der Waals surface area contributed by atoms with Crippen LogP contribution in [0.25, 0.3) is 0 Å². The highest BCUT2D eigenvalue weighted by molar-refractivity contribution is 4.83. The topological polar surface area (TPSA) is 23.5 Å². The van der Waals surface area contributed by atoms with Crippen LogP contribution in [-0.2, 0) is 0 Å². The summed E-state index contributed by atoms with van der Waals surface area (Å²) in [5, 5.41) is 9.26. The minimum Gasteiger partial charge on any atom is -0.396 e. The van der Waals surface area contributed by atoms with Crippen molar-refractivity contribution in [2.24, 2.45) is 11.8 Å². The van der Waals surface area contributed by atoms with Gasteiger partial charge in [0, 0.05) is 19.2 Å². The Morgan fingerprint density at radius 3 is 2.44 bits per heavy atom. The average Bonchev–Trinajstić information content (AvgIpc) is 2.39. The van der Waals surface area contributed by atoms with E-state index < -0.39 is 0 Å². The summed E-state index contributed by atoms with van der Waals surface area (Å²) in [6, 6.07) is 0.831. The predicted molar refractivity (Wildman–Crippen MR) is 67.4 cm³/mol. The quantitative estimate of drug-likeness (QED) is 0.798. The molecule has 0 radical (unpaired) electrons. The standard InChI is InChI=1S/C14H27NO/c1-2-12-5-7-14(8-6-12)15-9-3-4-13(10-15)11-16/h12-14,16H,2-11H2,1H3/t12?,13-,14?/m0/s1. The predicted octanol–water partition coefficient (Wildman–Crippen LogP) is 2.66. The van der Waals surface area contributed by atoms with Gasteiger partial charge in [-0.05, 0) is 56.9 Å². The van der Waals surface area contributed by atoms with E-state index in [1.807, 2.05) is 0 Å². The Labute approximate surface area is 100 Å².